The van der Waals surface area contributed by atoms with Gasteiger partial charge >= 0.3 is 5.97 Å². The van der Waals surface area contributed by atoms with Gasteiger partial charge < -0.3 is 15.0 Å². The Hall–Kier alpha value is -4.24. The summed E-state index contributed by atoms with van der Waals surface area (Å²) < 4.78 is 6.41. The molecule has 0 unspecified atom stereocenters. The highest BCUT2D eigenvalue weighted by atomic mass is 32.1. The summed E-state index contributed by atoms with van der Waals surface area (Å²) in [6.07, 6.45) is 1.94. The number of carbonyl (C=O) groups excluding carboxylic acids is 2. The van der Waals surface area contributed by atoms with Crippen LogP contribution >= 0.6 is 11.3 Å². The Morgan fingerprint density at radius 1 is 1.11 bits per heavy atom. The van der Waals surface area contributed by atoms with Gasteiger partial charge in [-0.3, -0.25) is 9.59 Å². The fourth-order valence-corrected chi connectivity index (χ4v) is 5.10. The van der Waals surface area contributed by atoms with Crippen molar-refractivity contribution < 1.29 is 14.3 Å². The molecule has 0 radical (unpaired) electrons. The number of amides is 1. The lowest BCUT2D eigenvalue weighted by Gasteiger charge is -2.11. The molecule has 3 heterocycles. The number of nitrogens with one attached hydrogen (secondary N) is 2. The number of nitrogens with zero attached hydrogens (tertiary/aromatic N) is 2. The largest absolute Gasteiger partial charge is 0.461 e. The van der Waals surface area contributed by atoms with Crippen molar-refractivity contribution >= 4 is 49.9 Å². The first kappa shape index (κ1) is 23.5. The third kappa shape index (κ3) is 4.18. The summed E-state index contributed by atoms with van der Waals surface area (Å²) in [4.78, 5) is 42.5. The van der Waals surface area contributed by atoms with Gasteiger partial charge in [-0.05, 0) is 55.7 Å². The van der Waals surface area contributed by atoms with Gasteiger partial charge in [0.15, 0.2) is 5.69 Å². The number of H-pyrrole nitrogens is 1. The second kappa shape index (κ2) is 9.43. The molecule has 0 saturated carbocycles. The molecular formula is C27H24N4O4S. The number of hydrogen-bond acceptors (Lipinski definition) is 6. The highest BCUT2D eigenvalue weighted by Crippen LogP contribution is 2.31. The van der Waals surface area contributed by atoms with Crippen LogP contribution in [0.1, 0.15) is 34.1 Å². The molecule has 0 bridgehead atoms. The maximum Gasteiger partial charge on any atom is 0.359 e. The molecule has 1 amide bonds. The van der Waals surface area contributed by atoms with Crippen LogP contribution in [0.25, 0.3) is 27.4 Å². The van der Waals surface area contributed by atoms with E-state index in [9.17, 15) is 14.4 Å². The van der Waals surface area contributed by atoms with Gasteiger partial charge in [0.25, 0.3) is 5.56 Å². The monoisotopic (exact) mass is 500 g/mol. The summed E-state index contributed by atoms with van der Waals surface area (Å²) in [5.41, 5.74) is 3.98. The first-order valence-electron chi connectivity index (χ1n) is 11.5. The van der Waals surface area contributed by atoms with Crippen molar-refractivity contribution in [1.82, 2.24) is 14.8 Å². The van der Waals surface area contributed by atoms with E-state index >= 15 is 0 Å². The van der Waals surface area contributed by atoms with Gasteiger partial charge in [0.05, 0.1) is 24.1 Å². The predicted octanol–water partition coefficient (Wildman–Crippen LogP) is 4.90. The smallest absolute Gasteiger partial charge is 0.359 e. The van der Waals surface area contributed by atoms with Crippen molar-refractivity contribution in [1.29, 1.82) is 0 Å². The molecule has 0 saturated heterocycles. The van der Waals surface area contributed by atoms with E-state index < -0.39 is 11.5 Å². The number of esters is 1. The molecule has 0 aliphatic rings. The van der Waals surface area contributed by atoms with Gasteiger partial charge in [0.2, 0.25) is 5.91 Å². The minimum absolute atomic E-state index is 0.0260. The first-order valence-corrected chi connectivity index (χ1v) is 12.4. The summed E-state index contributed by atoms with van der Waals surface area (Å²) in [5, 5.41) is 10.8. The molecule has 0 aliphatic heterocycles. The van der Waals surface area contributed by atoms with Gasteiger partial charge in [-0.1, -0.05) is 24.3 Å². The van der Waals surface area contributed by atoms with Crippen LogP contribution in [0, 0.1) is 13.8 Å². The van der Waals surface area contributed by atoms with Gasteiger partial charge in [0, 0.05) is 27.9 Å². The summed E-state index contributed by atoms with van der Waals surface area (Å²) in [7, 11) is 0. The van der Waals surface area contributed by atoms with Crippen LogP contribution in [0.3, 0.4) is 0 Å². The number of thiophene rings is 1. The Morgan fingerprint density at radius 2 is 1.92 bits per heavy atom. The maximum absolute atomic E-state index is 13.6. The summed E-state index contributed by atoms with van der Waals surface area (Å²) in [5.74, 6) is -0.898. The van der Waals surface area contributed by atoms with Gasteiger partial charge in [0.1, 0.15) is 5.00 Å². The van der Waals surface area contributed by atoms with Crippen LogP contribution in [0.2, 0.25) is 0 Å². The van der Waals surface area contributed by atoms with E-state index in [1.165, 1.54) is 16.0 Å². The molecule has 36 heavy (non-hydrogen) atoms. The molecular weight excluding hydrogens is 476 g/mol. The average Bonchev–Trinajstić information content (AvgIpc) is 3.46. The summed E-state index contributed by atoms with van der Waals surface area (Å²) in [6.45, 7) is 5.79. The number of aryl methyl sites for hydroxylation is 2. The topological polar surface area (TPSA) is 106 Å². The molecule has 5 rings (SSSR count). The Labute approximate surface area is 210 Å². The zero-order valence-corrected chi connectivity index (χ0v) is 20.9. The zero-order chi connectivity index (χ0) is 25.4. The normalized spacial score (nSPS) is 11.2. The van der Waals surface area contributed by atoms with E-state index in [1.807, 2.05) is 56.4 Å². The number of ether oxygens (including phenoxy) is 1. The van der Waals surface area contributed by atoms with Crippen molar-refractivity contribution in [2.75, 3.05) is 11.9 Å². The zero-order valence-electron chi connectivity index (χ0n) is 20.0. The second-order valence-corrected chi connectivity index (χ2v) is 9.37. The fourth-order valence-electron chi connectivity index (χ4n) is 4.15. The molecule has 0 atom stereocenters. The molecule has 3 aromatic heterocycles. The van der Waals surface area contributed by atoms with Crippen molar-refractivity contribution in [2.24, 2.45) is 0 Å². The van der Waals surface area contributed by atoms with E-state index in [1.54, 1.807) is 18.4 Å². The van der Waals surface area contributed by atoms with Crippen LogP contribution in [-0.4, -0.2) is 33.2 Å². The van der Waals surface area contributed by atoms with E-state index in [2.05, 4.69) is 15.4 Å². The second-order valence-electron chi connectivity index (χ2n) is 8.49. The predicted molar refractivity (Wildman–Crippen MR) is 141 cm³/mol. The average molecular weight is 501 g/mol. The van der Waals surface area contributed by atoms with E-state index in [0.717, 1.165) is 27.6 Å². The molecule has 2 aromatic carbocycles. The SMILES string of the molecule is CCOC(=O)c1nn(-c2ccc(C)c(C)c2)c(=O)c2c(NC(=O)Cc3c[nH]c4ccccc34)scc12. The Morgan fingerprint density at radius 3 is 2.69 bits per heavy atom. The number of rotatable bonds is 6. The van der Waals surface area contributed by atoms with Gasteiger partial charge in [-0.25, -0.2) is 4.79 Å². The molecule has 0 spiro atoms. The lowest BCUT2D eigenvalue weighted by molar-refractivity contribution is -0.115. The Kier molecular flexibility index (Phi) is 6.15. The molecule has 5 aromatic rings. The van der Waals surface area contributed by atoms with E-state index in [0.29, 0.717) is 16.1 Å². The maximum atomic E-state index is 13.6. The van der Waals surface area contributed by atoms with Crippen molar-refractivity contribution in [3.63, 3.8) is 0 Å². The minimum Gasteiger partial charge on any atom is -0.461 e. The van der Waals surface area contributed by atoms with Crippen LogP contribution in [-0.2, 0) is 16.0 Å². The van der Waals surface area contributed by atoms with E-state index in [4.69, 9.17) is 4.74 Å². The summed E-state index contributed by atoms with van der Waals surface area (Å²) in [6, 6.07) is 13.3. The number of fused-ring (bicyclic) bond motifs is 2. The third-order valence-corrected chi connectivity index (χ3v) is 7.03. The minimum atomic E-state index is -0.630. The number of aromatic nitrogens is 3. The van der Waals surface area contributed by atoms with Crippen LogP contribution < -0.4 is 10.9 Å². The highest BCUT2D eigenvalue weighted by Gasteiger charge is 2.23. The highest BCUT2D eigenvalue weighted by molar-refractivity contribution is 7.16. The quantitative estimate of drug-likeness (QED) is 0.323. The first-order chi connectivity index (χ1) is 17.4. The number of benzene rings is 2. The number of aromatic amines is 1. The van der Waals surface area contributed by atoms with Crippen LogP contribution in [0.15, 0.2) is 58.8 Å². The number of anilines is 1. The molecule has 9 heteroatoms. The van der Waals surface area contributed by atoms with E-state index in [-0.39, 0.29) is 30.0 Å². The van der Waals surface area contributed by atoms with Crippen molar-refractivity contribution in [2.45, 2.75) is 27.2 Å². The third-order valence-electron chi connectivity index (χ3n) is 6.14. The molecule has 0 fully saturated rings. The Bertz CT molecular complexity index is 1700. The fraction of sp³-hybridized carbons (Fsp3) is 0.185. The lowest BCUT2D eigenvalue weighted by Crippen LogP contribution is -2.26. The molecule has 2 N–H and O–H groups in total. The molecule has 0 aliphatic carbocycles. The number of hydrogen-bond donors (Lipinski definition) is 2. The number of carbonyl (C=O) groups is 2. The number of para-hydroxylation sites is 1. The molecule has 182 valence electrons. The van der Waals surface area contributed by atoms with Crippen molar-refractivity contribution in [3.8, 4) is 5.69 Å². The molecule has 8 nitrogen and oxygen atoms in total. The van der Waals surface area contributed by atoms with Gasteiger partial charge in [-0.15, -0.1) is 11.3 Å². The van der Waals surface area contributed by atoms with Crippen LogP contribution in [0.5, 0.6) is 0 Å². The summed E-state index contributed by atoms with van der Waals surface area (Å²) >= 11 is 1.18. The van der Waals surface area contributed by atoms with Crippen molar-refractivity contribution in [3.05, 3.63) is 86.8 Å². The standard InChI is InChI=1S/C27H24N4O4S/c1-4-35-27(34)24-20-14-36-25(29-22(32)12-17-13-28-21-8-6-5-7-19(17)21)23(20)26(33)31(30-24)18-10-9-15(2)16(3)11-18/h5-11,13-14,28H,4,12H2,1-3H3,(H,29,32). The van der Waals surface area contributed by atoms with Crippen LogP contribution in [0.4, 0.5) is 5.00 Å². The van der Waals surface area contributed by atoms with Gasteiger partial charge in [-0.2, -0.15) is 9.78 Å². The Balaban J connectivity index is 1.58. The lowest BCUT2D eigenvalue weighted by atomic mass is 10.1.